The monoisotopic (exact) mass is 489 g/mol. The van der Waals surface area contributed by atoms with E-state index in [1.165, 1.54) is 36.1 Å². The summed E-state index contributed by atoms with van der Waals surface area (Å²) in [6, 6.07) is 12.9. The van der Waals surface area contributed by atoms with Crippen molar-refractivity contribution in [2.45, 2.75) is 38.5 Å². The molecule has 4 nitrogen and oxygen atoms in total. The number of anilines is 1. The molecule has 2 aliphatic rings. The molecule has 0 bridgehead atoms. The number of aromatic nitrogens is 1. The lowest BCUT2D eigenvalue weighted by molar-refractivity contribution is -0.116. The Morgan fingerprint density at radius 2 is 1.96 bits per heavy atom. The summed E-state index contributed by atoms with van der Waals surface area (Å²) in [6.45, 7) is 3.06. The maximum atomic E-state index is 12.5. The van der Waals surface area contributed by atoms with Gasteiger partial charge in [-0.15, -0.1) is 0 Å². The molecule has 5 heteroatoms. The number of hydrogen-bond donors (Lipinski definition) is 1. The summed E-state index contributed by atoms with van der Waals surface area (Å²) in [5.74, 6) is 1.79. The Labute approximate surface area is 181 Å². The lowest BCUT2D eigenvalue weighted by atomic mass is 9.90. The zero-order chi connectivity index (χ0) is 19.3. The molecule has 1 amide bonds. The molecule has 0 spiro atoms. The molecule has 0 radical (unpaired) electrons. The third kappa shape index (κ3) is 4.87. The molecule has 148 valence electrons. The number of benzene rings is 1. The van der Waals surface area contributed by atoms with E-state index in [4.69, 9.17) is 0 Å². The molecule has 1 aromatic heterocycles. The molecule has 1 aliphatic carbocycles. The van der Waals surface area contributed by atoms with Crippen molar-refractivity contribution in [3.63, 3.8) is 0 Å². The minimum Gasteiger partial charge on any atom is -0.311 e. The van der Waals surface area contributed by atoms with E-state index in [0.717, 1.165) is 44.2 Å². The first-order chi connectivity index (χ1) is 13.7. The number of carbonyl (C=O) groups excluding carboxylic acids is 1. The minimum atomic E-state index is 0.114. The minimum absolute atomic E-state index is 0.114. The van der Waals surface area contributed by atoms with Gasteiger partial charge in [0.2, 0.25) is 5.91 Å². The van der Waals surface area contributed by atoms with Crippen LogP contribution in [0, 0.1) is 5.92 Å². The van der Waals surface area contributed by atoms with E-state index in [1.54, 1.807) is 0 Å². The number of carbonyl (C=O) groups is 1. The lowest BCUT2D eigenvalue weighted by Crippen LogP contribution is -2.36. The van der Waals surface area contributed by atoms with Crippen LogP contribution in [-0.4, -0.2) is 33.2 Å². The summed E-state index contributed by atoms with van der Waals surface area (Å²) in [6.07, 6.45) is 10.7. The van der Waals surface area contributed by atoms with Gasteiger partial charge in [0.1, 0.15) is 5.82 Å². The lowest BCUT2D eigenvalue weighted by Gasteiger charge is -2.31. The second-order valence-electron chi connectivity index (χ2n) is 7.93. The molecule has 1 fully saturated rings. The number of fused-ring (bicyclic) bond motifs is 1. The zero-order valence-electron chi connectivity index (χ0n) is 16.2. The number of aryl methyl sites for hydroxylation is 1. The van der Waals surface area contributed by atoms with E-state index in [-0.39, 0.29) is 5.91 Å². The fourth-order valence-electron chi connectivity index (χ4n) is 4.27. The summed E-state index contributed by atoms with van der Waals surface area (Å²) < 4.78 is 2.07. The molecule has 0 atom stereocenters. The Morgan fingerprint density at radius 1 is 1.18 bits per heavy atom. The van der Waals surface area contributed by atoms with Crippen molar-refractivity contribution < 1.29 is 4.79 Å². The largest absolute Gasteiger partial charge is 0.311 e. The molecule has 2 aromatic rings. The topological polar surface area (TPSA) is 37.3 Å². The van der Waals surface area contributed by atoms with Crippen LogP contribution in [-0.2, 0) is 17.6 Å². The molecular formula is C23H28IN3O. The van der Waals surface area contributed by atoms with E-state index in [0.29, 0.717) is 6.42 Å². The van der Waals surface area contributed by atoms with Gasteiger partial charge in [0.25, 0.3) is 0 Å². The first-order valence-electron chi connectivity index (χ1n) is 10.3. The van der Waals surface area contributed by atoms with Gasteiger partial charge in [-0.3, -0.25) is 7.58 Å². The highest BCUT2D eigenvalue weighted by molar-refractivity contribution is 14.1. The summed E-state index contributed by atoms with van der Waals surface area (Å²) >= 11 is 2.28. The molecule has 28 heavy (non-hydrogen) atoms. The predicted molar refractivity (Wildman–Crippen MR) is 124 cm³/mol. The summed E-state index contributed by atoms with van der Waals surface area (Å²) in [5, 5.41) is 3.10. The Hall–Kier alpha value is -1.60. The second-order valence-corrected chi connectivity index (χ2v) is 8.90. The Bertz CT molecular complexity index is 835. The molecule has 0 saturated carbocycles. The maximum absolute atomic E-state index is 12.5. The number of likely N-dealkylation sites (tertiary alicyclic amines) is 1. The number of rotatable bonds is 6. The van der Waals surface area contributed by atoms with Crippen molar-refractivity contribution in [2.75, 3.05) is 25.0 Å². The molecule has 1 aromatic carbocycles. The number of nitrogens with zero attached hydrogens (tertiary/aromatic N) is 2. The molecule has 1 N–H and O–H groups in total. The average molecular weight is 489 g/mol. The van der Waals surface area contributed by atoms with Gasteiger partial charge in [0.15, 0.2) is 0 Å². The van der Waals surface area contributed by atoms with Crippen molar-refractivity contribution in [3.8, 4) is 0 Å². The van der Waals surface area contributed by atoms with E-state index in [1.807, 2.05) is 0 Å². The van der Waals surface area contributed by atoms with Crippen LogP contribution < -0.4 is 5.32 Å². The van der Waals surface area contributed by atoms with Crippen molar-refractivity contribution in [3.05, 3.63) is 59.3 Å². The first-order valence-corrected chi connectivity index (χ1v) is 11.3. The summed E-state index contributed by atoms with van der Waals surface area (Å²) in [5.41, 5.74) is 3.98. The van der Waals surface area contributed by atoms with Crippen molar-refractivity contribution in [2.24, 2.45) is 5.92 Å². The van der Waals surface area contributed by atoms with Gasteiger partial charge in [-0.05, 0) is 74.4 Å². The number of allylic oxidation sites excluding steroid dienone is 1. The summed E-state index contributed by atoms with van der Waals surface area (Å²) in [4.78, 5) is 14.9. The van der Waals surface area contributed by atoms with Crippen LogP contribution in [0.5, 0.6) is 0 Å². The molecular weight excluding hydrogens is 461 g/mol. The van der Waals surface area contributed by atoms with Crippen LogP contribution in [0.3, 0.4) is 0 Å². The molecule has 4 rings (SSSR count). The molecule has 2 heterocycles. The highest BCUT2D eigenvalue weighted by Gasteiger charge is 2.20. The van der Waals surface area contributed by atoms with E-state index < -0.39 is 0 Å². The normalized spacial score (nSPS) is 17.5. The van der Waals surface area contributed by atoms with Crippen LogP contribution in [0.1, 0.15) is 42.5 Å². The molecule has 0 unspecified atom stereocenters. The SMILES string of the molecule is O=C(CCN1CCC(Cc2ccccc2)CC1)Nc1cc2c(n1I)C=CCC2. The predicted octanol–water partition coefficient (Wildman–Crippen LogP) is 4.93. The number of nitrogens with one attached hydrogen (secondary N) is 1. The van der Waals surface area contributed by atoms with Gasteiger partial charge in [-0.25, -0.2) is 0 Å². The second kappa shape index (κ2) is 9.27. The highest BCUT2D eigenvalue weighted by atomic mass is 127. The fourth-order valence-corrected chi connectivity index (χ4v) is 5.00. The standard InChI is InChI=1S/C23H28IN3O/c24-27-21-9-5-4-8-20(21)17-22(27)25-23(28)12-15-26-13-10-19(11-14-26)16-18-6-2-1-3-7-18/h1-3,5-7,9,17,19H,4,8,10-16H2,(H,25,28). The van der Waals surface area contributed by atoms with Crippen LogP contribution in [0.4, 0.5) is 5.82 Å². The third-order valence-corrected chi connectivity index (χ3v) is 6.96. The Morgan fingerprint density at radius 3 is 2.71 bits per heavy atom. The van der Waals surface area contributed by atoms with Crippen molar-refractivity contribution in [1.29, 1.82) is 0 Å². The smallest absolute Gasteiger partial charge is 0.226 e. The Kier molecular flexibility index (Phi) is 6.52. The van der Waals surface area contributed by atoms with Crippen LogP contribution >= 0.6 is 22.9 Å². The Balaban J connectivity index is 1.21. The molecule has 1 saturated heterocycles. The first kappa shape index (κ1) is 19.7. The van der Waals surface area contributed by atoms with Gasteiger partial charge in [-0.1, -0.05) is 36.4 Å². The van der Waals surface area contributed by atoms with Crippen molar-refractivity contribution >= 4 is 40.7 Å². The quantitative estimate of drug-likeness (QED) is 0.585. The number of hydrogen-bond acceptors (Lipinski definition) is 2. The van der Waals surface area contributed by atoms with E-state index >= 15 is 0 Å². The van der Waals surface area contributed by atoms with E-state index in [2.05, 4.69) is 84.4 Å². The van der Waals surface area contributed by atoms with Gasteiger partial charge in [-0.2, -0.15) is 0 Å². The van der Waals surface area contributed by atoms with Gasteiger partial charge >= 0.3 is 0 Å². The number of halogens is 1. The maximum Gasteiger partial charge on any atom is 0.226 e. The molecule has 1 aliphatic heterocycles. The van der Waals surface area contributed by atoms with Gasteiger partial charge in [0, 0.05) is 13.0 Å². The fraction of sp³-hybridized carbons (Fsp3) is 0.435. The third-order valence-electron chi connectivity index (χ3n) is 5.92. The van der Waals surface area contributed by atoms with Crippen LogP contribution in [0.2, 0.25) is 0 Å². The van der Waals surface area contributed by atoms with E-state index in [9.17, 15) is 4.79 Å². The van der Waals surface area contributed by atoms with Crippen LogP contribution in [0.25, 0.3) is 6.08 Å². The van der Waals surface area contributed by atoms with Gasteiger partial charge in [0.05, 0.1) is 28.6 Å². The zero-order valence-corrected chi connectivity index (χ0v) is 18.4. The van der Waals surface area contributed by atoms with Crippen molar-refractivity contribution in [1.82, 2.24) is 7.68 Å². The number of piperidine rings is 1. The number of amides is 1. The average Bonchev–Trinajstić information content (AvgIpc) is 3.04. The van der Waals surface area contributed by atoms with Gasteiger partial charge < -0.3 is 10.2 Å². The van der Waals surface area contributed by atoms with Crippen LogP contribution in [0.15, 0.2) is 42.5 Å². The highest BCUT2D eigenvalue weighted by Crippen LogP contribution is 2.29. The summed E-state index contributed by atoms with van der Waals surface area (Å²) in [7, 11) is 0.